The molecule has 1 amide bonds. The number of methoxy groups -OCH3 is 2. The van der Waals surface area contributed by atoms with Crippen molar-refractivity contribution in [1.29, 1.82) is 0 Å². The van der Waals surface area contributed by atoms with Gasteiger partial charge in [0.05, 0.1) is 19.8 Å². The molecule has 2 aromatic rings. The zero-order valence-corrected chi connectivity index (χ0v) is 13.7. The van der Waals surface area contributed by atoms with Crippen LogP contribution in [0.4, 0.5) is 5.69 Å². The highest BCUT2D eigenvalue weighted by molar-refractivity contribution is 5.97. The molecule has 0 spiro atoms. The third-order valence-corrected chi connectivity index (χ3v) is 3.58. The fraction of sp³-hybridized carbons (Fsp3) is 0.278. The number of nitrogens with one attached hydrogen (secondary N) is 1. The molecule has 0 fully saturated rings. The number of amides is 1. The number of carbonyl (C=O) groups is 1. The van der Waals surface area contributed by atoms with Gasteiger partial charge in [0.25, 0.3) is 5.91 Å². The van der Waals surface area contributed by atoms with Crippen molar-refractivity contribution in [2.75, 3.05) is 39.3 Å². The maximum Gasteiger partial charge on any atom is 0.255 e. The van der Waals surface area contributed by atoms with Gasteiger partial charge in [-0.2, -0.15) is 0 Å². The highest BCUT2D eigenvalue weighted by atomic mass is 16.5. The van der Waals surface area contributed by atoms with Crippen molar-refractivity contribution < 1.29 is 14.3 Å². The van der Waals surface area contributed by atoms with Crippen LogP contribution < -0.4 is 19.7 Å². The summed E-state index contributed by atoms with van der Waals surface area (Å²) in [6.07, 6.45) is 0. The maximum atomic E-state index is 12.3. The Kier molecular flexibility index (Phi) is 5.86. The van der Waals surface area contributed by atoms with E-state index in [-0.39, 0.29) is 5.91 Å². The van der Waals surface area contributed by atoms with Crippen LogP contribution in [-0.2, 0) is 0 Å². The lowest BCUT2D eigenvalue weighted by Gasteiger charge is -2.19. The third-order valence-electron chi connectivity index (χ3n) is 3.58. The lowest BCUT2D eigenvalue weighted by Crippen LogP contribution is -2.33. The number of hydrogen-bond donors (Lipinski definition) is 1. The highest BCUT2D eigenvalue weighted by Crippen LogP contribution is 2.30. The second-order valence-electron chi connectivity index (χ2n) is 5.05. The van der Waals surface area contributed by atoms with E-state index in [2.05, 4.69) is 10.2 Å². The van der Waals surface area contributed by atoms with E-state index in [0.29, 0.717) is 30.2 Å². The fourth-order valence-corrected chi connectivity index (χ4v) is 2.31. The lowest BCUT2D eigenvalue weighted by atomic mass is 10.1. The summed E-state index contributed by atoms with van der Waals surface area (Å²) >= 11 is 0. The summed E-state index contributed by atoms with van der Waals surface area (Å²) in [6.45, 7) is 1.24. The van der Waals surface area contributed by atoms with E-state index < -0.39 is 0 Å². The number of hydrogen-bond acceptors (Lipinski definition) is 4. The number of ether oxygens (including phenoxy) is 2. The molecule has 0 bridgehead atoms. The first-order chi connectivity index (χ1) is 11.2. The van der Waals surface area contributed by atoms with Crippen molar-refractivity contribution in [3.05, 3.63) is 54.1 Å². The molecule has 0 aliphatic rings. The van der Waals surface area contributed by atoms with Gasteiger partial charge in [-0.05, 0) is 24.3 Å². The molecule has 122 valence electrons. The Morgan fingerprint density at radius 2 is 1.78 bits per heavy atom. The van der Waals surface area contributed by atoms with Crippen molar-refractivity contribution in [1.82, 2.24) is 5.32 Å². The van der Waals surface area contributed by atoms with Crippen molar-refractivity contribution in [2.45, 2.75) is 0 Å². The molecule has 0 aromatic heterocycles. The Bertz CT molecular complexity index is 644. The van der Waals surface area contributed by atoms with Crippen LogP contribution in [0.5, 0.6) is 11.5 Å². The van der Waals surface area contributed by atoms with E-state index in [9.17, 15) is 4.79 Å². The maximum absolute atomic E-state index is 12.3. The minimum atomic E-state index is -0.179. The smallest absolute Gasteiger partial charge is 0.255 e. The van der Waals surface area contributed by atoms with Crippen LogP contribution in [0.3, 0.4) is 0 Å². The highest BCUT2D eigenvalue weighted by Gasteiger charge is 2.15. The second-order valence-corrected chi connectivity index (χ2v) is 5.05. The summed E-state index contributed by atoms with van der Waals surface area (Å²) < 4.78 is 10.5. The van der Waals surface area contributed by atoms with E-state index in [1.807, 2.05) is 37.4 Å². The van der Waals surface area contributed by atoms with Crippen molar-refractivity contribution in [2.24, 2.45) is 0 Å². The zero-order chi connectivity index (χ0) is 16.7. The van der Waals surface area contributed by atoms with E-state index in [1.54, 1.807) is 25.3 Å². The summed E-state index contributed by atoms with van der Waals surface area (Å²) in [5, 5.41) is 2.91. The van der Waals surface area contributed by atoms with Gasteiger partial charge in [-0.1, -0.05) is 24.3 Å². The zero-order valence-electron chi connectivity index (χ0n) is 13.7. The molecule has 23 heavy (non-hydrogen) atoms. The molecular weight excluding hydrogens is 292 g/mol. The molecule has 0 saturated heterocycles. The summed E-state index contributed by atoms with van der Waals surface area (Å²) in [5.41, 5.74) is 1.58. The molecule has 0 aliphatic heterocycles. The van der Waals surface area contributed by atoms with Gasteiger partial charge in [-0.3, -0.25) is 4.79 Å². The van der Waals surface area contributed by atoms with Crippen molar-refractivity contribution in [3.63, 3.8) is 0 Å². The number of carbonyl (C=O) groups excluding carboxylic acids is 1. The van der Waals surface area contributed by atoms with Crippen LogP contribution in [0.2, 0.25) is 0 Å². The van der Waals surface area contributed by atoms with Gasteiger partial charge >= 0.3 is 0 Å². The van der Waals surface area contributed by atoms with Crippen LogP contribution in [0.25, 0.3) is 0 Å². The number of rotatable bonds is 7. The fourth-order valence-electron chi connectivity index (χ4n) is 2.31. The average molecular weight is 314 g/mol. The van der Waals surface area contributed by atoms with Gasteiger partial charge in [0, 0.05) is 25.8 Å². The minimum Gasteiger partial charge on any atom is -0.493 e. The molecule has 0 radical (unpaired) electrons. The minimum absolute atomic E-state index is 0.179. The molecule has 5 heteroatoms. The quantitative estimate of drug-likeness (QED) is 0.853. The monoisotopic (exact) mass is 314 g/mol. The predicted octanol–water partition coefficient (Wildman–Crippen LogP) is 2.57. The topological polar surface area (TPSA) is 50.8 Å². The number of likely N-dealkylation sites (N-methyl/N-ethyl adjacent to an activating group) is 1. The first-order valence-electron chi connectivity index (χ1n) is 7.42. The standard InChI is InChI=1S/C18H22N2O3/c1-20(14-8-5-4-6-9-14)13-12-19-18(21)15-10-7-11-16(22-2)17(15)23-3/h4-11H,12-13H2,1-3H3,(H,19,21). The van der Waals surface area contributed by atoms with Crippen LogP contribution in [0, 0.1) is 0 Å². The van der Waals surface area contributed by atoms with Gasteiger partial charge in [0.1, 0.15) is 0 Å². The Morgan fingerprint density at radius 3 is 2.43 bits per heavy atom. The van der Waals surface area contributed by atoms with Gasteiger partial charge in [0.2, 0.25) is 0 Å². The Morgan fingerprint density at radius 1 is 1.04 bits per heavy atom. The van der Waals surface area contributed by atoms with Gasteiger partial charge in [-0.15, -0.1) is 0 Å². The van der Waals surface area contributed by atoms with E-state index in [0.717, 1.165) is 5.69 Å². The average Bonchev–Trinajstić information content (AvgIpc) is 2.61. The summed E-state index contributed by atoms with van der Waals surface area (Å²) in [5.74, 6) is 0.813. The van der Waals surface area contributed by atoms with E-state index >= 15 is 0 Å². The first kappa shape index (κ1) is 16.7. The number of para-hydroxylation sites is 2. The van der Waals surface area contributed by atoms with Crippen LogP contribution in [0.15, 0.2) is 48.5 Å². The molecule has 5 nitrogen and oxygen atoms in total. The molecule has 0 aliphatic carbocycles. The summed E-state index contributed by atoms with van der Waals surface area (Å²) in [4.78, 5) is 14.4. The van der Waals surface area contributed by atoms with Crippen LogP contribution in [0.1, 0.15) is 10.4 Å². The summed E-state index contributed by atoms with van der Waals surface area (Å²) in [6, 6.07) is 15.3. The molecular formula is C18H22N2O3. The van der Waals surface area contributed by atoms with Gasteiger partial charge < -0.3 is 19.7 Å². The normalized spacial score (nSPS) is 10.0. The van der Waals surface area contributed by atoms with Crippen LogP contribution in [-0.4, -0.2) is 40.3 Å². The molecule has 0 heterocycles. The molecule has 2 aromatic carbocycles. The van der Waals surface area contributed by atoms with Gasteiger partial charge in [0.15, 0.2) is 11.5 Å². The van der Waals surface area contributed by atoms with Crippen molar-refractivity contribution >= 4 is 11.6 Å². The number of anilines is 1. The van der Waals surface area contributed by atoms with E-state index in [4.69, 9.17) is 9.47 Å². The Labute approximate surface area is 136 Å². The van der Waals surface area contributed by atoms with Gasteiger partial charge in [-0.25, -0.2) is 0 Å². The predicted molar refractivity (Wildman–Crippen MR) is 91.6 cm³/mol. The van der Waals surface area contributed by atoms with Crippen molar-refractivity contribution in [3.8, 4) is 11.5 Å². The first-order valence-corrected chi connectivity index (χ1v) is 7.42. The lowest BCUT2D eigenvalue weighted by molar-refractivity contribution is 0.0951. The largest absolute Gasteiger partial charge is 0.493 e. The SMILES string of the molecule is COc1cccc(C(=O)NCCN(C)c2ccccc2)c1OC. The number of benzene rings is 2. The van der Waals surface area contributed by atoms with E-state index in [1.165, 1.54) is 7.11 Å². The summed E-state index contributed by atoms with van der Waals surface area (Å²) in [7, 11) is 5.07. The Balaban J connectivity index is 1.95. The molecule has 0 saturated carbocycles. The molecule has 1 N–H and O–H groups in total. The molecule has 0 unspecified atom stereocenters. The third kappa shape index (κ3) is 4.16. The Hall–Kier alpha value is -2.69. The molecule has 0 atom stereocenters. The van der Waals surface area contributed by atoms with Crippen LogP contribution >= 0.6 is 0 Å². The number of nitrogens with zero attached hydrogens (tertiary/aromatic N) is 1. The second kappa shape index (κ2) is 8.08. The molecule has 2 rings (SSSR count).